The Morgan fingerprint density at radius 3 is 2.11 bits per heavy atom. The van der Waals surface area contributed by atoms with Crippen LogP contribution in [0.3, 0.4) is 0 Å². The number of hydrogen-bond donors (Lipinski definition) is 2. The Bertz CT molecular complexity index is 169. The van der Waals surface area contributed by atoms with E-state index in [2.05, 4.69) is 0 Å². The first kappa shape index (κ1) is 8.34. The molecule has 0 unspecified atom stereocenters. The number of nitrogen functional groups attached to an aromatic ring is 1. The van der Waals surface area contributed by atoms with Crippen molar-refractivity contribution in [3.63, 3.8) is 0 Å². The Morgan fingerprint density at radius 1 is 1.22 bits per heavy atom. The van der Waals surface area contributed by atoms with E-state index in [0.29, 0.717) is 5.69 Å². The van der Waals surface area contributed by atoms with Gasteiger partial charge in [0.2, 0.25) is 0 Å². The molecule has 0 bridgehead atoms. The fourth-order valence-corrected chi connectivity index (χ4v) is 0.488. The van der Waals surface area contributed by atoms with Crippen LogP contribution < -0.4 is 5.73 Å². The standard InChI is InChI=1S/C6H7NO.Fe/c7-5-3-1-2-4-6(5)8;/h1-4,8H,7H2;. The Labute approximate surface area is 64.2 Å². The van der Waals surface area contributed by atoms with Crippen molar-refractivity contribution in [3.8, 4) is 5.75 Å². The molecule has 0 aromatic heterocycles. The Hall–Kier alpha value is -0.661. The summed E-state index contributed by atoms with van der Waals surface area (Å²) in [5.74, 6) is 0.146. The third-order valence-corrected chi connectivity index (χ3v) is 0.937. The number of phenols is 1. The van der Waals surface area contributed by atoms with Gasteiger partial charge in [0.1, 0.15) is 5.75 Å². The van der Waals surface area contributed by atoms with Crippen LogP contribution in [0, 0.1) is 0 Å². The monoisotopic (exact) mass is 165 g/mol. The SMILES string of the molecule is Nc1ccccc1O.[Fe]. The average Bonchev–Trinajstić information content (AvgIpc) is 1.77. The molecule has 3 N–H and O–H groups in total. The van der Waals surface area contributed by atoms with E-state index in [1.807, 2.05) is 0 Å². The molecule has 3 heteroatoms. The van der Waals surface area contributed by atoms with E-state index in [4.69, 9.17) is 10.8 Å². The molecule has 1 rings (SSSR count). The average molecular weight is 165 g/mol. The molecule has 0 amide bonds. The van der Waals surface area contributed by atoms with Crippen molar-refractivity contribution in [3.05, 3.63) is 24.3 Å². The third-order valence-electron chi connectivity index (χ3n) is 0.937. The van der Waals surface area contributed by atoms with Gasteiger partial charge in [0.25, 0.3) is 0 Å². The normalized spacial score (nSPS) is 8.00. The predicted octanol–water partition coefficient (Wildman–Crippen LogP) is 0.972. The van der Waals surface area contributed by atoms with Crippen molar-refractivity contribution in [2.24, 2.45) is 0 Å². The summed E-state index contributed by atoms with van der Waals surface area (Å²) in [5, 5.41) is 8.79. The van der Waals surface area contributed by atoms with Gasteiger partial charge in [-0.15, -0.1) is 0 Å². The van der Waals surface area contributed by atoms with Gasteiger partial charge in [-0.3, -0.25) is 0 Å². The maximum absolute atomic E-state index is 8.79. The van der Waals surface area contributed by atoms with Crippen LogP contribution in [-0.2, 0) is 17.1 Å². The Morgan fingerprint density at radius 2 is 1.78 bits per heavy atom. The van der Waals surface area contributed by atoms with Gasteiger partial charge in [0.15, 0.2) is 0 Å². The smallest absolute Gasteiger partial charge is 0.138 e. The first-order valence-electron chi connectivity index (χ1n) is 2.34. The Kier molecular flexibility index (Phi) is 3.13. The number of hydrogen-bond acceptors (Lipinski definition) is 2. The van der Waals surface area contributed by atoms with Crippen molar-refractivity contribution in [1.29, 1.82) is 0 Å². The molecule has 50 valence electrons. The maximum Gasteiger partial charge on any atom is 0.138 e. The Balaban J connectivity index is 0.000000640. The van der Waals surface area contributed by atoms with E-state index in [0.717, 1.165) is 0 Å². The summed E-state index contributed by atoms with van der Waals surface area (Å²) in [4.78, 5) is 0. The molecule has 1 aromatic carbocycles. The summed E-state index contributed by atoms with van der Waals surface area (Å²) in [5.41, 5.74) is 5.69. The van der Waals surface area contributed by atoms with Crippen LogP contribution in [0.5, 0.6) is 5.75 Å². The summed E-state index contributed by atoms with van der Waals surface area (Å²) >= 11 is 0. The molecule has 0 radical (unpaired) electrons. The molecular formula is C6H7FeNO. The zero-order chi connectivity index (χ0) is 5.98. The van der Waals surface area contributed by atoms with Crippen LogP contribution in [0.2, 0.25) is 0 Å². The van der Waals surface area contributed by atoms with Crippen molar-refractivity contribution in [1.82, 2.24) is 0 Å². The van der Waals surface area contributed by atoms with Gasteiger partial charge in [0.05, 0.1) is 5.69 Å². The number of aromatic hydroxyl groups is 1. The third kappa shape index (κ3) is 1.96. The largest absolute Gasteiger partial charge is 0.506 e. The number of anilines is 1. The molecule has 1 aromatic rings. The predicted molar refractivity (Wildman–Crippen MR) is 32.5 cm³/mol. The van der Waals surface area contributed by atoms with Crippen LogP contribution in [0.4, 0.5) is 5.69 Å². The second-order valence-electron chi connectivity index (χ2n) is 1.56. The molecule has 0 saturated heterocycles. The molecule has 2 nitrogen and oxygen atoms in total. The molecule has 0 aliphatic rings. The van der Waals surface area contributed by atoms with Crippen LogP contribution in [-0.4, -0.2) is 5.11 Å². The van der Waals surface area contributed by atoms with E-state index >= 15 is 0 Å². The number of para-hydroxylation sites is 2. The van der Waals surface area contributed by atoms with Gasteiger partial charge in [0, 0.05) is 17.1 Å². The van der Waals surface area contributed by atoms with Gasteiger partial charge in [-0.05, 0) is 12.1 Å². The molecule has 0 atom stereocenters. The van der Waals surface area contributed by atoms with Crippen molar-refractivity contribution >= 4 is 5.69 Å². The summed E-state index contributed by atoms with van der Waals surface area (Å²) < 4.78 is 0. The molecule has 0 aliphatic carbocycles. The van der Waals surface area contributed by atoms with Crippen molar-refractivity contribution < 1.29 is 22.2 Å². The van der Waals surface area contributed by atoms with Crippen LogP contribution in [0.15, 0.2) is 24.3 Å². The molecule has 0 fully saturated rings. The summed E-state index contributed by atoms with van der Waals surface area (Å²) in [6.45, 7) is 0. The van der Waals surface area contributed by atoms with Gasteiger partial charge in [-0.1, -0.05) is 12.1 Å². The van der Waals surface area contributed by atoms with E-state index in [1.54, 1.807) is 24.3 Å². The topological polar surface area (TPSA) is 46.2 Å². The first-order chi connectivity index (χ1) is 3.80. The number of nitrogens with two attached hydrogens (primary N) is 1. The quantitative estimate of drug-likeness (QED) is 0.341. The van der Waals surface area contributed by atoms with Gasteiger partial charge in [-0.25, -0.2) is 0 Å². The molecule has 0 spiro atoms. The van der Waals surface area contributed by atoms with E-state index in [9.17, 15) is 0 Å². The van der Waals surface area contributed by atoms with Crippen LogP contribution in [0.1, 0.15) is 0 Å². The molecular weight excluding hydrogens is 158 g/mol. The molecule has 0 heterocycles. The van der Waals surface area contributed by atoms with Gasteiger partial charge < -0.3 is 10.8 Å². The summed E-state index contributed by atoms with van der Waals surface area (Å²) in [7, 11) is 0. The second-order valence-corrected chi connectivity index (χ2v) is 1.56. The van der Waals surface area contributed by atoms with E-state index < -0.39 is 0 Å². The molecule has 0 aliphatic heterocycles. The zero-order valence-electron chi connectivity index (χ0n) is 4.69. The fraction of sp³-hybridized carbons (Fsp3) is 0. The maximum atomic E-state index is 8.79. The minimum absolute atomic E-state index is 0. The van der Waals surface area contributed by atoms with Crippen LogP contribution in [0.25, 0.3) is 0 Å². The summed E-state index contributed by atoms with van der Waals surface area (Å²) in [6, 6.07) is 6.70. The van der Waals surface area contributed by atoms with Gasteiger partial charge in [-0.2, -0.15) is 0 Å². The summed E-state index contributed by atoms with van der Waals surface area (Å²) in [6.07, 6.45) is 0. The molecule has 9 heavy (non-hydrogen) atoms. The number of phenolic OH excluding ortho intramolecular Hbond substituents is 1. The molecule has 0 saturated carbocycles. The van der Waals surface area contributed by atoms with Crippen LogP contribution >= 0.6 is 0 Å². The van der Waals surface area contributed by atoms with Crippen molar-refractivity contribution in [2.75, 3.05) is 5.73 Å². The number of rotatable bonds is 0. The van der Waals surface area contributed by atoms with Crippen molar-refractivity contribution in [2.45, 2.75) is 0 Å². The second kappa shape index (κ2) is 3.38. The number of benzene rings is 1. The first-order valence-corrected chi connectivity index (χ1v) is 2.34. The minimum atomic E-state index is 0. The minimum Gasteiger partial charge on any atom is -0.506 e. The van der Waals surface area contributed by atoms with E-state index in [1.165, 1.54) is 0 Å². The van der Waals surface area contributed by atoms with E-state index in [-0.39, 0.29) is 22.8 Å². The van der Waals surface area contributed by atoms with Gasteiger partial charge >= 0.3 is 0 Å². The zero-order valence-corrected chi connectivity index (χ0v) is 5.79. The fourth-order valence-electron chi connectivity index (χ4n) is 0.488.